The zero-order valence-corrected chi connectivity index (χ0v) is 11.3. The lowest BCUT2D eigenvalue weighted by molar-refractivity contribution is 0.112. The van der Waals surface area contributed by atoms with Crippen LogP contribution in [0.2, 0.25) is 0 Å². The van der Waals surface area contributed by atoms with Gasteiger partial charge in [-0.15, -0.1) is 11.3 Å². The number of fused-ring (bicyclic) bond motifs is 1. The standard InChI is InChI=1S/C16H10FNOS/c1-10(12-4-2-3-11(7-12)9-19)16-18-14-8-13(17)5-6-15(14)20-16/h2-9H,1H2. The first-order valence-electron chi connectivity index (χ1n) is 5.98. The normalized spacial score (nSPS) is 10.7. The number of thiazole rings is 1. The first-order valence-corrected chi connectivity index (χ1v) is 6.80. The van der Waals surface area contributed by atoms with Gasteiger partial charge in [0.25, 0.3) is 0 Å². The number of carbonyl (C=O) groups excluding carboxylic acids is 1. The molecule has 0 aliphatic heterocycles. The quantitative estimate of drug-likeness (QED) is 0.670. The molecule has 0 bridgehead atoms. The van der Waals surface area contributed by atoms with Crippen molar-refractivity contribution in [1.82, 2.24) is 4.98 Å². The summed E-state index contributed by atoms with van der Waals surface area (Å²) in [7, 11) is 0. The summed E-state index contributed by atoms with van der Waals surface area (Å²) in [5, 5.41) is 0.730. The highest BCUT2D eigenvalue weighted by molar-refractivity contribution is 7.19. The van der Waals surface area contributed by atoms with Crippen molar-refractivity contribution >= 4 is 33.4 Å². The van der Waals surface area contributed by atoms with Crippen molar-refractivity contribution in [3.8, 4) is 0 Å². The molecule has 0 atom stereocenters. The third-order valence-corrected chi connectivity index (χ3v) is 4.08. The number of hydrogen-bond acceptors (Lipinski definition) is 3. The van der Waals surface area contributed by atoms with Crippen LogP contribution in [0.3, 0.4) is 0 Å². The number of halogens is 1. The third-order valence-electron chi connectivity index (χ3n) is 2.98. The minimum Gasteiger partial charge on any atom is -0.298 e. The van der Waals surface area contributed by atoms with E-state index in [4.69, 9.17) is 0 Å². The molecule has 0 unspecified atom stereocenters. The maximum atomic E-state index is 13.2. The molecule has 0 aliphatic carbocycles. The number of nitrogens with zero attached hydrogens (tertiary/aromatic N) is 1. The van der Waals surface area contributed by atoms with Gasteiger partial charge in [-0.25, -0.2) is 9.37 Å². The smallest absolute Gasteiger partial charge is 0.150 e. The lowest BCUT2D eigenvalue weighted by atomic mass is 10.1. The van der Waals surface area contributed by atoms with E-state index in [1.807, 2.05) is 6.07 Å². The highest BCUT2D eigenvalue weighted by Crippen LogP contribution is 2.30. The molecule has 98 valence electrons. The fourth-order valence-corrected chi connectivity index (χ4v) is 2.89. The van der Waals surface area contributed by atoms with Gasteiger partial charge in [-0.1, -0.05) is 24.8 Å². The number of benzene rings is 2. The molecule has 0 saturated heterocycles. The predicted octanol–water partition coefficient (Wildman–Crippen LogP) is 4.31. The van der Waals surface area contributed by atoms with Crippen LogP contribution in [0, 0.1) is 5.82 Å². The maximum absolute atomic E-state index is 13.2. The SMILES string of the molecule is C=C(c1cccc(C=O)c1)c1nc2cc(F)ccc2s1. The molecule has 3 aromatic rings. The van der Waals surface area contributed by atoms with E-state index in [2.05, 4.69) is 11.6 Å². The Bertz CT molecular complexity index is 822. The Labute approximate surface area is 119 Å². The van der Waals surface area contributed by atoms with Crippen molar-refractivity contribution in [1.29, 1.82) is 0 Å². The van der Waals surface area contributed by atoms with E-state index < -0.39 is 0 Å². The van der Waals surface area contributed by atoms with Crippen molar-refractivity contribution in [2.45, 2.75) is 0 Å². The molecule has 0 amide bonds. The first-order chi connectivity index (χ1) is 9.67. The molecule has 2 nitrogen and oxygen atoms in total. The van der Waals surface area contributed by atoms with Crippen molar-refractivity contribution in [3.63, 3.8) is 0 Å². The van der Waals surface area contributed by atoms with Crippen LogP contribution in [0.1, 0.15) is 20.9 Å². The minimum absolute atomic E-state index is 0.303. The number of hydrogen-bond donors (Lipinski definition) is 0. The molecule has 2 aromatic carbocycles. The lowest BCUT2D eigenvalue weighted by Crippen LogP contribution is -1.87. The van der Waals surface area contributed by atoms with Gasteiger partial charge in [0, 0.05) is 17.2 Å². The summed E-state index contributed by atoms with van der Waals surface area (Å²) in [6, 6.07) is 11.7. The molecule has 4 heteroatoms. The molecule has 0 N–H and O–H groups in total. The van der Waals surface area contributed by atoms with Crippen LogP contribution in [-0.4, -0.2) is 11.3 Å². The van der Waals surface area contributed by atoms with Gasteiger partial charge in [-0.05, 0) is 23.8 Å². The van der Waals surface area contributed by atoms with E-state index in [0.717, 1.165) is 27.1 Å². The fraction of sp³-hybridized carbons (Fsp3) is 0. The van der Waals surface area contributed by atoms with Gasteiger partial charge < -0.3 is 0 Å². The number of carbonyl (C=O) groups is 1. The summed E-state index contributed by atoms with van der Waals surface area (Å²) in [6.45, 7) is 4.03. The van der Waals surface area contributed by atoms with Gasteiger partial charge >= 0.3 is 0 Å². The largest absolute Gasteiger partial charge is 0.298 e. The van der Waals surface area contributed by atoms with E-state index >= 15 is 0 Å². The average molecular weight is 283 g/mol. The van der Waals surface area contributed by atoms with Gasteiger partial charge in [0.05, 0.1) is 10.2 Å². The van der Waals surface area contributed by atoms with E-state index in [0.29, 0.717) is 11.1 Å². The zero-order valence-electron chi connectivity index (χ0n) is 10.5. The maximum Gasteiger partial charge on any atom is 0.150 e. The number of rotatable bonds is 3. The Hall–Kier alpha value is -2.33. The van der Waals surface area contributed by atoms with Crippen molar-refractivity contribution in [2.24, 2.45) is 0 Å². The van der Waals surface area contributed by atoms with Crippen molar-refractivity contribution in [2.75, 3.05) is 0 Å². The molecule has 1 heterocycles. The van der Waals surface area contributed by atoms with Crippen LogP contribution in [0.25, 0.3) is 15.8 Å². The van der Waals surface area contributed by atoms with Gasteiger partial charge in [0.1, 0.15) is 17.1 Å². The molecule has 0 fully saturated rings. The first kappa shape index (κ1) is 12.7. The molecule has 20 heavy (non-hydrogen) atoms. The Kier molecular flexibility index (Phi) is 3.16. The van der Waals surface area contributed by atoms with E-state index in [1.54, 1.807) is 24.3 Å². The monoisotopic (exact) mass is 283 g/mol. The molecule has 0 spiro atoms. The highest BCUT2D eigenvalue weighted by Gasteiger charge is 2.10. The van der Waals surface area contributed by atoms with Gasteiger partial charge in [0.2, 0.25) is 0 Å². The Morgan fingerprint density at radius 2 is 2.10 bits per heavy atom. The summed E-state index contributed by atoms with van der Waals surface area (Å²) in [4.78, 5) is 15.2. The molecule has 0 saturated carbocycles. The highest BCUT2D eigenvalue weighted by atomic mass is 32.1. The zero-order chi connectivity index (χ0) is 14.1. The second-order valence-electron chi connectivity index (χ2n) is 4.35. The van der Waals surface area contributed by atoms with Crippen molar-refractivity contribution in [3.05, 3.63) is 71.0 Å². The fourth-order valence-electron chi connectivity index (χ4n) is 1.95. The van der Waals surface area contributed by atoms with Gasteiger partial charge in [0.15, 0.2) is 0 Å². The molecule has 3 rings (SSSR count). The molecular formula is C16H10FNOS. The summed E-state index contributed by atoms with van der Waals surface area (Å²) in [5.41, 5.74) is 2.79. The van der Waals surface area contributed by atoms with Crippen LogP contribution in [0.5, 0.6) is 0 Å². The predicted molar refractivity (Wildman–Crippen MR) is 79.5 cm³/mol. The minimum atomic E-state index is -0.303. The van der Waals surface area contributed by atoms with E-state index in [-0.39, 0.29) is 5.82 Å². The van der Waals surface area contributed by atoms with Crippen LogP contribution < -0.4 is 0 Å². The van der Waals surface area contributed by atoms with Gasteiger partial charge in [-0.3, -0.25) is 4.79 Å². The Morgan fingerprint density at radius 1 is 1.25 bits per heavy atom. The van der Waals surface area contributed by atoms with E-state index in [9.17, 15) is 9.18 Å². The Balaban J connectivity index is 2.05. The van der Waals surface area contributed by atoms with Crippen LogP contribution in [0.15, 0.2) is 49.0 Å². The molecule has 1 aromatic heterocycles. The third kappa shape index (κ3) is 2.26. The molecule has 0 aliphatic rings. The summed E-state index contributed by atoms with van der Waals surface area (Å²) < 4.78 is 14.1. The summed E-state index contributed by atoms with van der Waals surface area (Å²) in [5.74, 6) is -0.303. The number of aldehydes is 1. The summed E-state index contributed by atoms with van der Waals surface area (Å²) >= 11 is 1.46. The second kappa shape index (κ2) is 4.98. The van der Waals surface area contributed by atoms with Crippen LogP contribution in [-0.2, 0) is 0 Å². The van der Waals surface area contributed by atoms with Crippen molar-refractivity contribution < 1.29 is 9.18 Å². The van der Waals surface area contributed by atoms with Crippen LogP contribution in [0.4, 0.5) is 4.39 Å². The topological polar surface area (TPSA) is 30.0 Å². The second-order valence-corrected chi connectivity index (χ2v) is 5.38. The molecule has 0 radical (unpaired) electrons. The lowest BCUT2D eigenvalue weighted by Gasteiger charge is -2.02. The average Bonchev–Trinajstić information content (AvgIpc) is 2.89. The van der Waals surface area contributed by atoms with Gasteiger partial charge in [-0.2, -0.15) is 0 Å². The van der Waals surface area contributed by atoms with E-state index in [1.165, 1.54) is 23.5 Å². The van der Waals surface area contributed by atoms with Crippen LogP contribution >= 0.6 is 11.3 Å². The number of aromatic nitrogens is 1. The summed E-state index contributed by atoms with van der Waals surface area (Å²) in [6.07, 6.45) is 0.796. The molecular weight excluding hydrogens is 273 g/mol. The Morgan fingerprint density at radius 3 is 2.90 bits per heavy atom.